The van der Waals surface area contributed by atoms with E-state index in [0.717, 1.165) is 57.8 Å². The van der Waals surface area contributed by atoms with Gasteiger partial charge in [-0.1, -0.05) is 268 Å². The Balaban J connectivity index is 4.10. The molecule has 0 bridgehead atoms. The third kappa shape index (κ3) is 57.3. The maximum atomic E-state index is 12.8. The average molecular weight is 1040 g/mol. The summed E-state index contributed by atoms with van der Waals surface area (Å²) in [6.07, 6.45) is 67.5. The molecule has 0 radical (unpaired) electrons. The number of likely N-dealkylation sites (N-methyl/N-ethyl adjacent to an activating group) is 1. The van der Waals surface area contributed by atoms with Crippen LogP contribution in [0.3, 0.4) is 0 Å². The van der Waals surface area contributed by atoms with Gasteiger partial charge in [-0.3, -0.25) is 18.6 Å². The molecule has 2 atom stereocenters. The van der Waals surface area contributed by atoms with Gasteiger partial charge in [-0.15, -0.1) is 0 Å². The number of carbonyl (C=O) groups is 2. The molecule has 0 aromatic carbocycles. The van der Waals surface area contributed by atoms with Crippen molar-refractivity contribution in [3.63, 3.8) is 0 Å². The van der Waals surface area contributed by atoms with Crippen LogP contribution in [0.5, 0.6) is 0 Å². The maximum Gasteiger partial charge on any atom is 0.472 e. The topological polar surface area (TPSA) is 108 Å². The van der Waals surface area contributed by atoms with Gasteiger partial charge in [0.05, 0.1) is 27.7 Å². The number of quaternary nitrogens is 1. The molecule has 0 saturated heterocycles. The van der Waals surface area contributed by atoms with Crippen LogP contribution in [0.1, 0.15) is 284 Å². The first kappa shape index (κ1) is 70.0. The summed E-state index contributed by atoms with van der Waals surface area (Å²) in [5, 5.41) is 0. The van der Waals surface area contributed by atoms with E-state index >= 15 is 0 Å². The van der Waals surface area contributed by atoms with Crippen LogP contribution in [0.25, 0.3) is 0 Å². The van der Waals surface area contributed by atoms with E-state index in [4.69, 9.17) is 18.5 Å². The Morgan fingerprint density at radius 1 is 0.444 bits per heavy atom. The minimum atomic E-state index is -4.39. The number of unbranched alkanes of at least 4 members (excludes halogenated alkanes) is 34. The van der Waals surface area contributed by atoms with Crippen LogP contribution in [0, 0.1) is 0 Å². The highest BCUT2D eigenvalue weighted by atomic mass is 31.2. The van der Waals surface area contributed by atoms with E-state index in [2.05, 4.69) is 62.5 Å². The predicted molar refractivity (Wildman–Crippen MR) is 307 cm³/mol. The first-order valence-corrected chi connectivity index (χ1v) is 31.9. The largest absolute Gasteiger partial charge is 0.472 e. The maximum absolute atomic E-state index is 12.8. The average Bonchev–Trinajstić information content (AvgIpc) is 3.34. The molecule has 10 heteroatoms. The van der Waals surface area contributed by atoms with Gasteiger partial charge >= 0.3 is 19.8 Å². The van der Waals surface area contributed by atoms with Crippen molar-refractivity contribution >= 4 is 19.8 Å². The quantitative estimate of drug-likeness (QED) is 0.0211. The van der Waals surface area contributed by atoms with E-state index in [1.807, 2.05) is 21.1 Å². The molecule has 72 heavy (non-hydrogen) atoms. The second-order valence-corrected chi connectivity index (χ2v) is 23.2. The highest BCUT2D eigenvalue weighted by Crippen LogP contribution is 2.43. The molecule has 0 spiro atoms. The fourth-order valence-electron chi connectivity index (χ4n) is 8.72. The van der Waals surface area contributed by atoms with Gasteiger partial charge in [-0.25, -0.2) is 4.57 Å². The van der Waals surface area contributed by atoms with E-state index in [-0.39, 0.29) is 25.6 Å². The van der Waals surface area contributed by atoms with Gasteiger partial charge < -0.3 is 18.9 Å². The molecule has 9 nitrogen and oxygen atoms in total. The number of nitrogens with zero attached hydrogens (tertiary/aromatic N) is 1. The lowest BCUT2D eigenvalue weighted by molar-refractivity contribution is -0.870. The lowest BCUT2D eigenvalue weighted by atomic mass is 10.0. The highest BCUT2D eigenvalue weighted by molar-refractivity contribution is 7.47. The summed E-state index contributed by atoms with van der Waals surface area (Å²) in [6, 6.07) is 0. The van der Waals surface area contributed by atoms with E-state index in [1.165, 1.54) is 193 Å². The zero-order valence-electron chi connectivity index (χ0n) is 47.9. The Morgan fingerprint density at radius 3 is 1.18 bits per heavy atom. The summed E-state index contributed by atoms with van der Waals surface area (Å²) >= 11 is 0. The number of carbonyl (C=O) groups excluding carboxylic acids is 2. The number of hydrogen-bond donors (Lipinski definition) is 1. The summed E-state index contributed by atoms with van der Waals surface area (Å²) in [4.78, 5) is 35.7. The van der Waals surface area contributed by atoms with Crippen LogP contribution < -0.4 is 0 Å². The van der Waals surface area contributed by atoms with Crippen molar-refractivity contribution in [2.45, 2.75) is 290 Å². The molecule has 422 valence electrons. The van der Waals surface area contributed by atoms with Gasteiger partial charge in [0.25, 0.3) is 0 Å². The number of esters is 2. The van der Waals surface area contributed by atoms with Crippen LogP contribution in [-0.4, -0.2) is 74.9 Å². The molecule has 0 fully saturated rings. The number of phosphoric acid groups is 1. The van der Waals surface area contributed by atoms with Crippen molar-refractivity contribution in [3.05, 3.63) is 48.6 Å². The number of rotatable bonds is 56. The van der Waals surface area contributed by atoms with Gasteiger partial charge in [0.2, 0.25) is 0 Å². The molecule has 0 rings (SSSR count). The van der Waals surface area contributed by atoms with Gasteiger partial charge in [0.15, 0.2) is 6.10 Å². The van der Waals surface area contributed by atoms with E-state index in [9.17, 15) is 19.0 Å². The zero-order chi connectivity index (χ0) is 52.7. The summed E-state index contributed by atoms with van der Waals surface area (Å²) < 4.78 is 34.6. The molecule has 0 aliphatic rings. The first-order chi connectivity index (χ1) is 35.0. The van der Waals surface area contributed by atoms with Crippen LogP contribution >= 0.6 is 7.82 Å². The molecular formula is C62H117NO8P+. The van der Waals surface area contributed by atoms with Crippen molar-refractivity contribution in [2.75, 3.05) is 47.5 Å². The summed E-state index contributed by atoms with van der Waals surface area (Å²) in [7, 11) is 1.49. The van der Waals surface area contributed by atoms with Crippen molar-refractivity contribution in [2.24, 2.45) is 0 Å². The standard InChI is InChI=1S/C62H116NO8P/c1-6-8-10-12-14-16-18-20-22-24-26-28-29-30-31-32-33-35-37-39-41-43-45-47-49-51-53-55-62(65)71-60(59-70-72(66,67)69-57-56-63(3,4)5)58-68-61(64)54-52-50-48-46-44-42-40-38-36-34-27-25-23-21-19-17-15-13-11-9-7-2/h8,10,14,16,20,22,26,28,60H,6-7,9,11-13,15,17-19,21,23-25,27,29-59H2,1-5H3/p+1/b10-8-,16-14-,22-20-,28-26-. The van der Waals surface area contributed by atoms with E-state index < -0.39 is 26.5 Å². The lowest BCUT2D eigenvalue weighted by Crippen LogP contribution is -2.37. The molecule has 0 saturated carbocycles. The second kappa shape index (κ2) is 53.8. The molecular weight excluding hydrogens is 918 g/mol. The van der Waals surface area contributed by atoms with Crippen molar-refractivity contribution in [1.82, 2.24) is 0 Å². The van der Waals surface area contributed by atoms with Gasteiger partial charge in [-0.2, -0.15) is 0 Å². The SMILES string of the molecule is CC/C=C\C/C=C\C/C=C\C/C=C\CCCCCCCCCCCCCCCCC(=O)OC(COC(=O)CCCCCCCCCCCCCCCCCCCCCCC)COP(=O)(O)OCC[N+](C)(C)C. The Kier molecular flexibility index (Phi) is 52.3. The zero-order valence-corrected chi connectivity index (χ0v) is 48.8. The molecule has 0 heterocycles. The number of phosphoric ester groups is 1. The molecule has 0 amide bonds. The second-order valence-electron chi connectivity index (χ2n) is 21.7. The minimum Gasteiger partial charge on any atom is -0.462 e. The highest BCUT2D eigenvalue weighted by Gasteiger charge is 2.27. The van der Waals surface area contributed by atoms with Gasteiger partial charge in [0.1, 0.15) is 19.8 Å². The molecule has 0 aromatic heterocycles. The molecule has 0 aliphatic heterocycles. The van der Waals surface area contributed by atoms with Crippen LogP contribution in [-0.2, 0) is 32.7 Å². The monoisotopic (exact) mass is 1030 g/mol. The molecule has 0 aromatic rings. The number of hydrogen-bond acceptors (Lipinski definition) is 7. The van der Waals surface area contributed by atoms with E-state index in [1.54, 1.807) is 0 Å². The van der Waals surface area contributed by atoms with Crippen molar-refractivity contribution in [3.8, 4) is 0 Å². The Labute approximate surface area is 445 Å². The third-order valence-corrected chi connectivity index (χ3v) is 14.4. The smallest absolute Gasteiger partial charge is 0.462 e. The van der Waals surface area contributed by atoms with Crippen molar-refractivity contribution in [1.29, 1.82) is 0 Å². The van der Waals surface area contributed by atoms with Crippen LogP contribution in [0.2, 0.25) is 0 Å². The van der Waals surface area contributed by atoms with Crippen LogP contribution in [0.4, 0.5) is 0 Å². The van der Waals surface area contributed by atoms with Gasteiger partial charge in [0, 0.05) is 12.8 Å². The normalized spacial score (nSPS) is 13.6. The predicted octanol–water partition coefficient (Wildman–Crippen LogP) is 18.9. The fourth-order valence-corrected chi connectivity index (χ4v) is 9.46. The van der Waals surface area contributed by atoms with E-state index in [0.29, 0.717) is 23.9 Å². The Hall–Kier alpha value is -2.03. The lowest BCUT2D eigenvalue weighted by Gasteiger charge is -2.24. The third-order valence-electron chi connectivity index (χ3n) is 13.4. The Morgan fingerprint density at radius 2 is 0.792 bits per heavy atom. The van der Waals surface area contributed by atoms with Crippen LogP contribution in [0.15, 0.2) is 48.6 Å². The summed E-state index contributed by atoms with van der Waals surface area (Å²) in [5.74, 6) is -0.784. The molecule has 2 unspecified atom stereocenters. The molecule has 0 aliphatic carbocycles. The minimum absolute atomic E-state index is 0.0329. The fraction of sp³-hybridized carbons (Fsp3) is 0.839. The number of allylic oxidation sites excluding steroid dienone is 8. The summed E-state index contributed by atoms with van der Waals surface area (Å²) in [5.41, 5.74) is 0. The number of ether oxygens (including phenoxy) is 2. The molecule has 1 N–H and O–H groups in total. The summed E-state index contributed by atoms with van der Waals surface area (Å²) in [6.45, 7) is 4.37. The first-order valence-electron chi connectivity index (χ1n) is 30.4. The van der Waals surface area contributed by atoms with Gasteiger partial charge in [-0.05, 0) is 51.4 Å². The Bertz CT molecular complexity index is 1360. The van der Waals surface area contributed by atoms with Crippen molar-refractivity contribution < 1.29 is 42.1 Å².